The van der Waals surface area contributed by atoms with Crippen molar-refractivity contribution in [3.8, 4) is 0 Å². The summed E-state index contributed by atoms with van der Waals surface area (Å²) in [6, 6.07) is 6.85. The highest BCUT2D eigenvalue weighted by atomic mass is 16.5. The molecule has 0 saturated carbocycles. The van der Waals surface area contributed by atoms with Crippen molar-refractivity contribution in [2.45, 2.75) is 12.8 Å². The third kappa shape index (κ3) is 9.47. The van der Waals surface area contributed by atoms with E-state index in [2.05, 4.69) is 23.5 Å². The smallest absolute Gasteiger partial charge is 0.257 e. The molecule has 5 N–H and O–H groups in total. The van der Waals surface area contributed by atoms with E-state index in [-0.39, 0.29) is 5.96 Å². The molecule has 0 saturated heterocycles. The second-order valence-corrected chi connectivity index (χ2v) is 6.87. The molecule has 2 rings (SSSR count). The number of nitrogen functional groups attached to an aromatic ring is 1. The molecule has 1 aliphatic carbocycles. The zero-order chi connectivity index (χ0) is 26.2. The van der Waals surface area contributed by atoms with Crippen molar-refractivity contribution < 1.29 is 23.8 Å². The van der Waals surface area contributed by atoms with Crippen LogP contribution >= 0.6 is 0 Å². The van der Waals surface area contributed by atoms with Gasteiger partial charge in [0.2, 0.25) is 5.96 Å². The molecule has 1 amide bonds. The van der Waals surface area contributed by atoms with Gasteiger partial charge in [-0.25, -0.2) is 4.99 Å². The van der Waals surface area contributed by atoms with Crippen LogP contribution in [0.2, 0.25) is 0 Å². The maximum absolute atomic E-state index is 12.5. The average molecular weight is 481 g/mol. The van der Waals surface area contributed by atoms with Crippen LogP contribution in [0.4, 0.5) is 11.4 Å². The number of methoxy groups -OCH3 is 3. The summed E-state index contributed by atoms with van der Waals surface area (Å²) in [6.07, 6.45) is 9.98. The van der Waals surface area contributed by atoms with Gasteiger partial charge in [0.15, 0.2) is 11.5 Å². The molecule has 1 aromatic rings. The van der Waals surface area contributed by atoms with Crippen LogP contribution in [-0.4, -0.2) is 39.5 Å². The van der Waals surface area contributed by atoms with Crippen LogP contribution in [0.3, 0.4) is 0 Å². The minimum absolute atomic E-state index is 0.0509. The van der Waals surface area contributed by atoms with Gasteiger partial charge < -0.3 is 25.7 Å². The van der Waals surface area contributed by atoms with E-state index in [1.54, 1.807) is 54.6 Å². The highest BCUT2D eigenvalue weighted by Gasteiger charge is 2.20. The fourth-order valence-corrected chi connectivity index (χ4v) is 2.82. The summed E-state index contributed by atoms with van der Waals surface area (Å²) in [4.78, 5) is 26.7. The molecule has 1 aliphatic rings. The molecule has 9 heteroatoms. The van der Waals surface area contributed by atoms with E-state index in [9.17, 15) is 9.59 Å². The number of allylic oxidation sites excluding steroid dienone is 5. The number of ether oxygens (including phenoxy) is 3. The number of aldehydes is 1. The fourth-order valence-electron chi connectivity index (χ4n) is 2.82. The van der Waals surface area contributed by atoms with Gasteiger partial charge in [0.1, 0.15) is 12.0 Å². The SMILES string of the molecule is C=C/C=C(/C=O)CC=C.COC1=CC(C(=O)NC(N)=Nc2cccc(N)c2)=CCC(OC)=C1OC. The molecule has 9 nitrogen and oxygen atoms in total. The molecule has 0 heterocycles. The van der Waals surface area contributed by atoms with Crippen LogP contribution in [0, 0.1) is 0 Å². The van der Waals surface area contributed by atoms with Gasteiger partial charge in [-0.3, -0.25) is 14.9 Å². The molecule has 0 atom stereocenters. The van der Waals surface area contributed by atoms with E-state index >= 15 is 0 Å². The van der Waals surface area contributed by atoms with Crippen LogP contribution in [0.1, 0.15) is 12.8 Å². The Morgan fingerprint density at radius 1 is 1.20 bits per heavy atom. The lowest BCUT2D eigenvalue weighted by Crippen LogP contribution is -2.37. The van der Waals surface area contributed by atoms with Crippen LogP contribution < -0.4 is 16.8 Å². The van der Waals surface area contributed by atoms with Crippen molar-refractivity contribution >= 4 is 29.5 Å². The van der Waals surface area contributed by atoms with Crippen LogP contribution in [0.15, 0.2) is 101 Å². The van der Waals surface area contributed by atoms with Gasteiger partial charge in [-0.15, -0.1) is 6.58 Å². The number of hydrogen-bond donors (Lipinski definition) is 3. The quantitative estimate of drug-likeness (QED) is 0.0934. The Morgan fingerprint density at radius 3 is 2.49 bits per heavy atom. The van der Waals surface area contributed by atoms with Crippen molar-refractivity contribution in [3.63, 3.8) is 0 Å². The Hall–Kier alpha value is -4.53. The third-order valence-electron chi connectivity index (χ3n) is 4.43. The molecule has 0 spiro atoms. The molecular weight excluding hydrogens is 448 g/mol. The normalized spacial score (nSPS) is 13.7. The summed E-state index contributed by atoms with van der Waals surface area (Å²) in [5, 5.41) is 2.54. The fraction of sp³-hybridized carbons (Fsp3) is 0.192. The van der Waals surface area contributed by atoms with Crippen molar-refractivity contribution in [2.24, 2.45) is 10.7 Å². The molecule has 1 aromatic carbocycles. The Kier molecular flexibility index (Phi) is 12.5. The summed E-state index contributed by atoms with van der Waals surface area (Å²) in [5.74, 6) is 0.859. The second kappa shape index (κ2) is 15.3. The average Bonchev–Trinajstić information content (AvgIpc) is 3.03. The molecule has 0 radical (unpaired) electrons. The van der Waals surface area contributed by atoms with E-state index in [4.69, 9.17) is 25.7 Å². The maximum atomic E-state index is 12.5. The van der Waals surface area contributed by atoms with Gasteiger partial charge in [-0.05, 0) is 36.3 Å². The number of benzene rings is 1. The number of carbonyl (C=O) groups excluding carboxylic acids is 2. The molecule has 0 aliphatic heterocycles. The first kappa shape index (κ1) is 28.5. The predicted molar refractivity (Wildman–Crippen MR) is 138 cm³/mol. The Labute approximate surface area is 205 Å². The highest BCUT2D eigenvalue weighted by Crippen LogP contribution is 2.25. The van der Waals surface area contributed by atoms with Crippen LogP contribution in [0.5, 0.6) is 0 Å². The Balaban J connectivity index is 0.000000579. The lowest BCUT2D eigenvalue weighted by molar-refractivity contribution is -0.115. The van der Waals surface area contributed by atoms with Gasteiger partial charge in [0, 0.05) is 17.7 Å². The zero-order valence-corrected chi connectivity index (χ0v) is 20.2. The van der Waals surface area contributed by atoms with Crippen molar-refractivity contribution in [2.75, 3.05) is 27.1 Å². The number of amides is 1. The van der Waals surface area contributed by atoms with Crippen LogP contribution in [-0.2, 0) is 23.8 Å². The number of rotatable bonds is 9. The van der Waals surface area contributed by atoms with Crippen LogP contribution in [0.25, 0.3) is 0 Å². The second-order valence-electron chi connectivity index (χ2n) is 6.87. The molecule has 0 bridgehead atoms. The molecular formula is C26H32N4O5. The van der Waals surface area contributed by atoms with E-state index < -0.39 is 5.91 Å². The number of carbonyl (C=O) groups is 2. The Bertz CT molecular complexity index is 1080. The zero-order valence-electron chi connectivity index (χ0n) is 20.2. The molecule has 35 heavy (non-hydrogen) atoms. The summed E-state index contributed by atoms with van der Waals surface area (Å²) in [6.45, 7) is 6.96. The number of anilines is 1. The first-order chi connectivity index (χ1) is 16.8. The first-order valence-corrected chi connectivity index (χ1v) is 10.5. The van der Waals surface area contributed by atoms with E-state index in [0.717, 1.165) is 6.29 Å². The minimum atomic E-state index is -0.433. The molecule has 186 valence electrons. The standard InChI is InChI=1S/C18H22N4O4.C8H10O/c1-24-14-8-7-11(9-15(25-2)16(14)26-3)17(23)22-18(20)21-13-6-4-5-12(19)10-13;1-3-5-8(7-9)6-4-2/h4-7,9-10H,8,19H2,1-3H3,(H3,20,21,22,23);3-5,7H,1-2,6H2/b;8-5+. The number of nitrogens with two attached hydrogens (primary N) is 2. The molecule has 0 aromatic heterocycles. The van der Waals surface area contributed by atoms with E-state index in [0.29, 0.717) is 52.6 Å². The van der Waals surface area contributed by atoms with Crippen molar-refractivity contribution in [1.29, 1.82) is 0 Å². The summed E-state index contributed by atoms with van der Waals surface area (Å²) < 4.78 is 15.9. The van der Waals surface area contributed by atoms with E-state index in [1.165, 1.54) is 21.3 Å². The lowest BCUT2D eigenvalue weighted by Gasteiger charge is -2.12. The minimum Gasteiger partial charge on any atom is -0.497 e. The molecule has 0 fully saturated rings. The summed E-state index contributed by atoms with van der Waals surface area (Å²) in [7, 11) is 4.51. The topological polar surface area (TPSA) is 138 Å². The van der Waals surface area contributed by atoms with Gasteiger partial charge in [-0.1, -0.05) is 36.9 Å². The number of guanidine groups is 1. The third-order valence-corrected chi connectivity index (χ3v) is 4.43. The monoisotopic (exact) mass is 480 g/mol. The maximum Gasteiger partial charge on any atom is 0.257 e. The summed E-state index contributed by atoms with van der Waals surface area (Å²) >= 11 is 0. The van der Waals surface area contributed by atoms with Gasteiger partial charge in [0.25, 0.3) is 5.91 Å². The first-order valence-electron chi connectivity index (χ1n) is 10.5. The van der Waals surface area contributed by atoms with Gasteiger partial charge >= 0.3 is 0 Å². The predicted octanol–water partition coefficient (Wildman–Crippen LogP) is 3.57. The molecule has 0 unspecified atom stereocenters. The summed E-state index contributed by atoms with van der Waals surface area (Å²) in [5.41, 5.74) is 13.6. The number of nitrogens with one attached hydrogen (secondary N) is 1. The number of aliphatic imine (C=N–C) groups is 1. The highest BCUT2D eigenvalue weighted by molar-refractivity contribution is 6.07. The lowest BCUT2D eigenvalue weighted by atomic mass is 10.2. The van der Waals surface area contributed by atoms with Crippen molar-refractivity contribution in [3.05, 3.63) is 96.2 Å². The number of hydrogen-bond acceptors (Lipinski definition) is 7. The van der Waals surface area contributed by atoms with E-state index in [1.807, 2.05) is 0 Å². The van der Waals surface area contributed by atoms with Gasteiger partial charge in [0.05, 0.1) is 27.0 Å². The van der Waals surface area contributed by atoms with Gasteiger partial charge in [-0.2, -0.15) is 0 Å². The number of nitrogens with zero attached hydrogens (tertiary/aromatic N) is 1. The largest absolute Gasteiger partial charge is 0.497 e. The van der Waals surface area contributed by atoms with Crippen molar-refractivity contribution in [1.82, 2.24) is 5.32 Å². The Morgan fingerprint density at radius 2 is 1.94 bits per heavy atom.